The highest BCUT2D eigenvalue weighted by Crippen LogP contribution is 2.02. The molecule has 0 amide bonds. The molecule has 5 nitrogen and oxygen atoms in total. The average molecular weight is 350 g/mol. The number of aliphatic hydroxyl groups excluding tert-OH is 3. The van der Waals surface area contributed by atoms with Crippen LogP contribution in [-0.4, -0.2) is 44.7 Å². The summed E-state index contributed by atoms with van der Waals surface area (Å²) < 4.78 is 0. The second kappa shape index (κ2) is 15.6. The van der Waals surface area contributed by atoms with Crippen LogP contribution >= 0.6 is 0 Å². The molecule has 25 heavy (non-hydrogen) atoms. The molecule has 0 aliphatic rings. The van der Waals surface area contributed by atoms with E-state index >= 15 is 0 Å². The van der Waals surface area contributed by atoms with Crippen LogP contribution in [0.25, 0.3) is 0 Å². The number of hydrogen-bond donors (Lipinski definition) is 4. The quantitative estimate of drug-likeness (QED) is 0.383. The number of carboxylic acids is 1. The highest BCUT2D eigenvalue weighted by atomic mass is 16.4. The molecule has 0 rings (SSSR count). The molecule has 0 heterocycles. The summed E-state index contributed by atoms with van der Waals surface area (Å²) in [6, 6.07) is 0. The van der Waals surface area contributed by atoms with Gasteiger partial charge in [-0.2, -0.15) is 0 Å². The Morgan fingerprint density at radius 1 is 0.840 bits per heavy atom. The topological polar surface area (TPSA) is 98.0 Å². The van der Waals surface area contributed by atoms with Gasteiger partial charge in [0.05, 0.1) is 18.3 Å². The zero-order chi connectivity index (χ0) is 18.9. The van der Waals surface area contributed by atoms with E-state index in [2.05, 4.69) is 0 Å². The van der Waals surface area contributed by atoms with E-state index in [1.165, 1.54) is 0 Å². The number of aliphatic carboxylic acids is 1. The summed E-state index contributed by atoms with van der Waals surface area (Å²) in [6.45, 7) is 1.90. The molecule has 0 spiro atoms. The molecular formula is C20H30O5. The van der Waals surface area contributed by atoms with Gasteiger partial charge in [0.25, 0.3) is 0 Å². The summed E-state index contributed by atoms with van der Waals surface area (Å²) in [7, 11) is 0. The maximum absolute atomic E-state index is 10.3. The van der Waals surface area contributed by atoms with Crippen molar-refractivity contribution < 1.29 is 25.2 Å². The van der Waals surface area contributed by atoms with Crippen molar-refractivity contribution in [2.24, 2.45) is 0 Å². The Morgan fingerprint density at radius 2 is 1.40 bits per heavy atom. The third-order valence-electron chi connectivity index (χ3n) is 3.27. The number of carboxylic acid groups (broad SMARTS) is 1. The predicted octanol–water partition coefficient (Wildman–Crippen LogP) is 2.91. The molecule has 0 radical (unpaired) electrons. The van der Waals surface area contributed by atoms with Crippen LogP contribution in [0.2, 0.25) is 0 Å². The molecule has 4 N–H and O–H groups in total. The fraction of sp³-hybridized carbons (Fsp3) is 0.450. The van der Waals surface area contributed by atoms with Crippen molar-refractivity contribution in [1.29, 1.82) is 0 Å². The molecule has 0 aliphatic carbocycles. The van der Waals surface area contributed by atoms with E-state index in [9.17, 15) is 20.1 Å². The van der Waals surface area contributed by atoms with Crippen LogP contribution in [0.3, 0.4) is 0 Å². The van der Waals surface area contributed by atoms with Gasteiger partial charge in [0.2, 0.25) is 0 Å². The van der Waals surface area contributed by atoms with E-state index in [0.717, 1.165) is 0 Å². The van der Waals surface area contributed by atoms with Gasteiger partial charge in [0, 0.05) is 6.42 Å². The normalized spacial score (nSPS) is 16.6. The molecule has 0 aliphatic heterocycles. The standard InChI is InChI=1S/C20H30O5/c1-2-17(21)11-8-5-9-14-18(22)12-6-3-4-7-13-19(23)15-10-16-20(24)25/h3-9,11-13,17-19,21-23H,2,10,14-16H2,1H3,(H,24,25)/b4-3+,9-5-,11-8-,12-6+,13-7-/t17-,18+,19-/m1/s1. The van der Waals surface area contributed by atoms with Crippen molar-refractivity contribution in [3.8, 4) is 0 Å². The molecule has 0 saturated heterocycles. The Bertz CT molecular complexity index is 488. The number of carbonyl (C=O) groups is 1. The van der Waals surface area contributed by atoms with E-state index in [1.807, 2.05) is 13.0 Å². The van der Waals surface area contributed by atoms with Crippen LogP contribution in [0, 0.1) is 0 Å². The Balaban J connectivity index is 3.95. The predicted molar refractivity (Wildman–Crippen MR) is 100 cm³/mol. The summed E-state index contributed by atoms with van der Waals surface area (Å²) in [6.07, 6.45) is 17.6. The summed E-state index contributed by atoms with van der Waals surface area (Å²) >= 11 is 0. The number of rotatable bonds is 13. The Hall–Kier alpha value is -1.95. The van der Waals surface area contributed by atoms with Gasteiger partial charge in [-0.3, -0.25) is 4.79 Å². The van der Waals surface area contributed by atoms with Crippen LogP contribution in [0.15, 0.2) is 60.8 Å². The minimum absolute atomic E-state index is 0.0603. The average Bonchev–Trinajstić information content (AvgIpc) is 2.57. The molecule has 3 atom stereocenters. The second-order valence-electron chi connectivity index (χ2n) is 5.60. The lowest BCUT2D eigenvalue weighted by Crippen LogP contribution is -2.03. The lowest BCUT2D eigenvalue weighted by molar-refractivity contribution is -0.137. The van der Waals surface area contributed by atoms with Crippen LogP contribution in [-0.2, 0) is 4.79 Å². The first-order valence-corrected chi connectivity index (χ1v) is 8.56. The summed E-state index contributed by atoms with van der Waals surface area (Å²) in [5.74, 6) is -0.857. The van der Waals surface area contributed by atoms with Gasteiger partial charge >= 0.3 is 5.97 Å². The largest absolute Gasteiger partial charge is 0.481 e. The van der Waals surface area contributed by atoms with Gasteiger partial charge in [-0.15, -0.1) is 0 Å². The third kappa shape index (κ3) is 16.7. The molecule has 5 heteroatoms. The van der Waals surface area contributed by atoms with Crippen molar-refractivity contribution in [1.82, 2.24) is 0 Å². The van der Waals surface area contributed by atoms with Crippen molar-refractivity contribution in [3.05, 3.63) is 60.8 Å². The monoisotopic (exact) mass is 350 g/mol. The highest BCUT2D eigenvalue weighted by molar-refractivity contribution is 5.66. The van der Waals surface area contributed by atoms with E-state index in [0.29, 0.717) is 25.7 Å². The van der Waals surface area contributed by atoms with Crippen LogP contribution in [0.4, 0.5) is 0 Å². The molecule has 0 aromatic rings. The fourth-order valence-electron chi connectivity index (χ4n) is 1.78. The number of aliphatic hydroxyl groups is 3. The Kier molecular flexibility index (Phi) is 14.4. The van der Waals surface area contributed by atoms with Crippen molar-refractivity contribution in [3.63, 3.8) is 0 Å². The first-order chi connectivity index (χ1) is 12.0. The van der Waals surface area contributed by atoms with Crippen molar-refractivity contribution in [2.45, 2.75) is 57.3 Å². The zero-order valence-corrected chi connectivity index (χ0v) is 14.7. The molecule has 0 aromatic heterocycles. The first-order valence-electron chi connectivity index (χ1n) is 8.56. The van der Waals surface area contributed by atoms with Crippen molar-refractivity contribution >= 4 is 5.97 Å². The zero-order valence-electron chi connectivity index (χ0n) is 14.7. The highest BCUT2D eigenvalue weighted by Gasteiger charge is 2.01. The second-order valence-corrected chi connectivity index (χ2v) is 5.60. The number of hydrogen-bond acceptors (Lipinski definition) is 4. The lowest BCUT2D eigenvalue weighted by Gasteiger charge is -2.02. The van der Waals surface area contributed by atoms with Crippen LogP contribution in [0.1, 0.15) is 39.0 Å². The molecular weight excluding hydrogens is 320 g/mol. The van der Waals surface area contributed by atoms with Gasteiger partial charge in [0.15, 0.2) is 0 Å². The van der Waals surface area contributed by atoms with Gasteiger partial charge < -0.3 is 20.4 Å². The molecule has 0 fully saturated rings. The minimum Gasteiger partial charge on any atom is -0.481 e. The van der Waals surface area contributed by atoms with E-state index in [4.69, 9.17) is 5.11 Å². The first kappa shape index (κ1) is 23.1. The summed E-state index contributed by atoms with van der Waals surface area (Å²) in [4.78, 5) is 10.3. The Morgan fingerprint density at radius 3 is 2.00 bits per heavy atom. The summed E-state index contributed by atoms with van der Waals surface area (Å²) in [5, 5.41) is 37.2. The van der Waals surface area contributed by atoms with Gasteiger partial charge in [-0.25, -0.2) is 0 Å². The van der Waals surface area contributed by atoms with Crippen LogP contribution in [0.5, 0.6) is 0 Å². The lowest BCUT2D eigenvalue weighted by atomic mass is 10.1. The third-order valence-corrected chi connectivity index (χ3v) is 3.27. The molecule has 0 unspecified atom stereocenters. The smallest absolute Gasteiger partial charge is 0.303 e. The molecule has 140 valence electrons. The van der Waals surface area contributed by atoms with Gasteiger partial charge in [-0.05, 0) is 25.7 Å². The minimum atomic E-state index is -0.857. The van der Waals surface area contributed by atoms with Gasteiger partial charge in [-0.1, -0.05) is 67.7 Å². The molecule has 0 bridgehead atoms. The summed E-state index contributed by atoms with van der Waals surface area (Å²) in [5.41, 5.74) is 0. The molecule has 0 saturated carbocycles. The number of allylic oxidation sites excluding steroid dienone is 6. The fourth-order valence-corrected chi connectivity index (χ4v) is 1.78. The maximum atomic E-state index is 10.3. The SMILES string of the molecule is CC[C@@H](O)/C=C\C=C/C[C@@H](O)/C=C/C=C/C=C\[C@@H](O)CCCC(=O)O. The van der Waals surface area contributed by atoms with Crippen LogP contribution < -0.4 is 0 Å². The molecule has 0 aromatic carbocycles. The van der Waals surface area contributed by atoms with E-state index < -0.39 is 24.3 Å². The van der Waals surface area contributed by atoms with Crippen molar-refractivity contribution in [2.75, 3.05) is 0 Å². The van der Waals surface area contributed by atoms with E-state index in [1.54, 1.807) is 54.7 Å². The maximum Gasteiger partial charge on any atom is 0.303 e. The van der Waals surface area contributed by atoms with E-state index in [-0.39, 0.29) is 6.42 Å². The van der Waals surface area contributed by atoms with Gasteiger partial charge in [0.1, 0.15) is 0 Å². The Labute approximate surface area is 150 Å².